The first-order valence-corrected chi connectivity index (χ1v) is 7.08. The molecule has 0 aliphatic heterocycles. The first-order chi connectivity index (χ1) is 8.34. The largest absolute Gasteiger partial charge is 0.492 e. The van der Waals surface area contributed by atoms with Crippen LogP contribution in [0.2, 0.25) is 0 Å². The third kappa shape index (κ3) is 4.50. The molecule has 4 heteroatoms. The van der Waals surface area contributed by atoms with E-state index in [1.54, 1.807) is 11.3 Å². The highest BCUT2D eigenvalue weighted by Crippen LogP contribution is 2.21. The number of hydrogen-bond donors (Lipinski definition) is 1. The summed E-state index contributed by atoms with van der Waals surface area (Å²) in [6.07, 6.45) is 0. The van der Waals surface area contributed by atoms with Crippen molar-refractivity contribution in [3.8, 4) is 5.75 Å². The maximum atomic E-state index is 5.58. The zero-order valence-corrected chi connectivity index (χ0v) is 11.8. The molecular weight excluding hydrogens is 298 g/mol. The van der Waals surface area contributed by atoms with Gasteiger partial charge in [0.2, 0.25) is 0 Å². The van der Waals surface area contributed by atoms with Gasteiger partial charge in [-0.25, -0.2) is 0 Å². The molecule has 0 radical (unpaired) electrons. The lowest BCUT2D eigenvalue weighted by Gasteiger charge is -2.06. The second kappa shape index (κ2) is 6.79. The van der Waals surface area contributed by atoms with Crippen LogP contribution >= 0.6 is 27.3 Å². The van der Waals surface area contributed by atoms with Crippen LogP contribution in [0.1, 0.15) is 4.88 Å². The van der Waals surface area contributed by atoms with Gasteiger partial charge in [0.15, 0.2) is 0 Å². The lowest BCUT2D eigenvalue weighted by Crippen LogP contribution is -2.20. The Morgan fingerprint density at radius 3 is 2.65 bits per heavy atom. The van der Waals surface area contributed by atoms with Crippen molar-refractivity contribution in [2.45, 2.75) is 6.54 Å². The Bertz CT molecular complexity index is 444. The topological polar surface area (TPSA) is 21.3 Å². The molecular formula is C13H14BrNOS. The molecule has 0 aliphatic carbocycles. The van der Waals surface area contributed by atoms with E-state index < -0.39 is 0 Å². The molecule has 0 saturated carbocycles. The van der Waals surface area contributed by atoms with Gasteiger partial charge in [0.25, 0.3) is 0 Å². The Labute approximate surface area is 114 Å². The Morgan fingerprint density at radius 2 is 1.94 bits per heavy atom. The van der Waals surface area contributed by atoms with E-state index in [1.165, 1.54) is 8.66 Å². The van der Waals surface area contributed by atoms with Crippen LogP contribution in [0.25, 0.3) is 0 Å². The van der Waals surface area contributed by atoms with Gasteiger partial charge in [-0.1, -0.05) is 18.2 Å². The van der Waals surface area contributed by atoms with Crippen LogP contribution in [0.3, 0.4) is 0 Å². The van der Waals surface area contributed by atoms with Gasteiger partial charge in [-0.15, -0.1) is 11.3 Å². The van der Waals surface area contributed by atoms with E-state index >= 15 is 0 Å². The van der Waals surface area contributed by atoms with Crippen LogP contribution in [0.4, 0.5) is 0 Å². The Kier molecular flexibility index (Phi) is 5.04. The van der Waals surface area contributed by atoms with Gasteiger partial charge in [0, 0.05) is 18.0 Å². The molecule has 0 bridgehead atoms. The van der Waals surface area contributed by atoms with E-state index in [0.29, 0.717) is 6.61 Å². The maximum absolute atomic E-state index is 5.58. The third-order valence-corrected chi connectivity index (χ3v) is 3.84. The fraction of sp³-hybridized carbons (Fsp3) is 0.231. The summed E-state index contributed by atoms with van der Waals surface area (Å²) in [6.45, 7) is 2.44. The molecule has 0 amide bonds. The third-order valence-electron chi connectivity index (χ3n) is 2.22. The van der Waals surface area contributed by atoms with Gasteiger partial charge >= 0.3 is 0 Å². The van der Waals surface area contributed by atoms with Crippen LogP contribution in [0, 0.1) is 0 Å². The van der Waals surface area contributed by atoms with Gasteiger partial charge < -0.3 is 10.1 Å². The standard InChI is InChI=1S/C13H14BrNOS/c14-13-7-6-12(17-13)10-15-8-9-16-11-4-2-1-3-5-11/h1-7,15H,8-10H2. The summed E-state index contributed by atoms with van der Waals surface area (Å²) in [5.74, 6) is 0.924. The molecule has 0 atom stereocenters. The summed E-state index contributed by atoms with van der Waals surface area (Å²) in [4.78, 5) is 1.33. The highest BCUT2D eigenvalue weighted by Gasteiger charge is 1.97. The number of thiophene rings is 1. The first kappa shape index (κ1) is 12.6. The molecule has 2 nitrogen and oxygen atoms in total. The van der Waals surface area contributed by atoms with E-state index in [1.807, 2.05) is 30.3 Å². The maximum Gasteiger partial charge on any atom is 0.119 e. The van der Waals surface area contributed by atoms with Crippen LogP contribution in [0.5, 0.6) is 5.75 Å². The van der Waals surface area contributed by atoms with Crippen LogP contribution in [-0.2, 0) is 6.54 Å². The van der Waals surface area contributed by atoms with Gasteiger partial charge in [0.1, 0.15) is 12.4 Å². The fourth-order valence-electron chi connectivity index (χ4n) is 1.42. The van der Waals surface area contributed by atoms with Crippen molar-refractivity contribution in [3.63, 3.8) is 0 Å². The van der Waals surface area contributed by atoms with E-state index in [-0.39, 0.29) is 0 Å². The Balaban J connectivity index is 1.61. The SMILES string of the molecule is Brc1ccc(CNCCOc2ccccc2)s1. The zero-order chi connectivity index (χ0) is 11.9. The molecule has 0 fully saturated rings. The molecule has 90 valence electrons. The first-order valence-electron chi connectivity index (χ1n) is 5.47. The second-order valence-corrected chi connectivity index (χ2v) is 6.09. The minimum Gasteiger partial charge on any atom is -0.492 e. The quantitative estimate of drug-likeness (QED) is 0.822. The Morgan fingerprint density at radius 1 is 1.12 bits per heavy atom. The molecule has 1 aromatic carbocycles. The number of rotatable bonds is 6. The highest BCUT2D eigenvalue weighted by molar-refractivity contribution is 9.11. The van der Waals surface area contributed by atoms with Gasteiger partial charge in [-0.2, -0.15) is 0 Å². The van der Waals surface area contributed by atoms with Crippen LogP contribution in [-0.4, -0.2) is 13.2 Å². The van der Waals surface area contributed by atoms with Gasteiger partial charge in [-0.3, -0.25) is 0 Å². The number of ether oxygens (including phenoxy) is 1. The zero-order valence-electron chi connectivity index (χ0n) is 9.36. The average Bonchev–Trinajstić information content (AvgIpc) is 2.76. The minimum atomic E-state index is 0.691. The van der Waals surface area contributed by atoms with Crippen LogP contribution < -0.4 is 10.1 Å². The molecule has 1 aromatic heterocycles. The summed E-state index contributed by atoms with van der Waals surface area (Å²) in [6, 6.07) is 14.1. The summed E-state index contributed by atoms with van der Waals surface area (Å²) < 4.78 is 6.76. The number of nitrogens with one attached hydrogen (secondary N) is 1. The molecule has 2 rings (SSSR count). The fourth-order valence-corrected chi connectivity index (χ4v) is 2.87. The Hall–Kier alpha value is -0.840. The predicted octanol–water partition coefficient (Wildman–Crippen LogP) is 3.68. The molecule has 0 spiro atoms. The molecule has 0 saturated heterocycles. The lowest BCUT2D eigenvalue weighted by molar-refractivity contribution is 0.314. The normalized spacial score (nSPS) is 10.4. The second-order valence-electron chi connectivity index (χ2n) is 3.54. The van der Waals surface area contributed by atoms with Crippen LogP contribution in [0.15, 0.2) is 46.3 Å². The summed E-state index contributed by atoms with van der Waals surface area (Å²) in [5, 5.41) is 3.35. The van der Waals surface area contributed by atoms with Crippen molar-refractivity contribution in [1.82, 2.24) is 5.32 Å². The smallest absolute Gasteiger partial charge is 0.119 e. The molecule has 0 unspecified atom stereocenters. The van der Waals surface area contributed by atoms with Crippen molar-refractivity contribution < 1.29 is 4.74 Å². The van der Waals surface area contributed by atoms with Crippen molar-refractivity contribution in [1.29, 1.82) is 0 Å². The van der Waals surface area contributed by atoms with E-state index in [9.17, 15) is 0 Å². The monoisotopic (exact) mass is 311 g/mol. The lowest BCUT2D eigenvalue weighted by atomic mass is 10.3. The van der Waals surface area contributed by atoms with Gasteiger partial charge in [0.05, 0.1) is 3.79 Å². The van der Waals surface area contributed by atoms with E-state index in [0.717, 1.165) is 18.8 Å². The average molecular weight is 312 g/mol. The van der Waals surface area contributed by atoms with Crippen molar-refractivity contribution >= 4 is 27.3 Å². The van der Waals surface area contributed by atoms with Gasteiger partial charge in [-0.05, 0) is 40.2 Å². The van der Waals surface area contributed by atoms with Crippen molar-refractivity contribution in [2.24, 2.45) is 0 Å². The predicted molar refractivity (Wildman–Crippen MR) is 75.7 cm³/mol. The number of hydrogen-bond acceptors (Lipinski definition) is 3. The number of benzene rings is 1. The molecule has 0 aliphatic rings. The summed E-state index contributed by atoms with van der Waals surface area (Å²) in [5.41, 5.74) is 0. The summed E-state index contributed by atoms with van der Waals surface area (Å²) >= 11 is 5.21. The minimum absolute atomic E-state index is 0.691. The molecule has 1 heterocycles. The highest BCUT2D eigenvalue weighted by atomic mass is 79.9. The molecule has 2 aromatic rings. The van der Waals surface area contributed by atoms with E-state index in [4.69, 9.17) is 4.74 Å². The van der Waals surface area contributed by atoms with E-state index in [2.05, 4.69) is 33.4 Å². The number of para-hydroxylation sites is 1. The summed E-state index contributed by atoms with van der Waals surface area (Å²) in [7, 11) is 0. The number of halogens is 1. The molecule has 17 heavy (non-hydrogen) atoms. The van der Waals surface area contributed by atoms with Crippen molar-refractivity contribution in [3.05, 3.63) is 51.1 Å². The molecule has 1 N–H and O–H groups in total. The van der Waals surface area contributed by atoms with Crippen molar-refractivity contribution in [2.75, 3.05) is 13.2 Å².